The van der Waals surface area contributed by atoms with Gasteiger partial charge in [0.15, 0.2) is 0 Å². The summed E-state index contributed by atoms with van der Waals surface area (Å²) in [6.45, 7) is 5.89. The molecule has 1 unspecified atom stereocenters. The predicted molar refractivity (Wildman–Crippen MR) is 72.3 cm³/mol. The highest BCUT2D eigenvalue weighted by molar-refractivity contribution is 5.47. The van der Waals surface area contributed by atoms with Crippen LogP contribution in [0.15, 0.2) is 12.4 Å². The average Bonchev–Trinajstić information content (AvgIpc) is 2.29. The maximum absolute atomic E-state index is 5.77. The van der Waals surface area contributed by atoms with Gasteiger partial charge in [0.2, 0.25) is 0 Å². The van der Waals surface area contributed by atoms with Crippen LogP contribution in [0.4, 0.5) is 11.6 Å². The van der Waals surface area contributed by atoms with Crippen LogP contribution in [0.5, 0.6) is 0 Å². The van der Waals surface area contributed by atoms with Gasteiger partial charge in [0.05, 0.1) is 0 Å². The Labute approximate surface area is 103 Å². The SMILES string of the molecule is CCCCNc1cc(N(C)CC(C)N)ncn1. The molecule has 0 aromatic carbocycles. The fraction of sp³-hybridized carbons (Fsp3) is 0.667. The minimum absolute atomic E-state index is 0.131. The van der Waals surface area contributed by atoms with E-state index in [1.54, 1.807) is 6.33 Å². The molecule has 1 rings (SSSR count). The van der Waals surface area contributed by atoms with E-state index in [1.165, 1.54) is 6.42 Å². The van der Waals surface area contributed by atoms with Crippen LogP contribution in [0.3, 0.4) is 0 Å². The van der Waals surface area contributed by atoms with E-state index < -0.39 is 0 Å². The highest BCUT2D eigenvalue weighted by Gasteiger charge is 2.06. The van der Waals surface area contributed by atoms with E-state index >= 15 is 0 Å². The van der Waals surface area contributed by atoms with Crippen LogP contribution in [-0.4, -0.2) is 36.1 Å². The van der Waals surface area contributed by atoms with E-state index in [0.717, 1.165) is 31.1 Å². The molecule has 1 heterocycles. The third kappa shape index (κ3) is 4.99. The van der Waals surface area contributed by atoms with Crippen LogP contribution in [0, 0.1) is 0 Å². The minimum atomic E-state index is 0.131. The lowest BCUT2D eigenvalue weighted by atomic mass is 10.3. The van der Waals surface area contributed by atoms with Crippen molar-refractivity contribution < 1.29 is 0 Å². The lowest BCUT2D eigenvalue weighted by Crippen LogP contribution is -2.33. The molecular weight excluding hydrogens is 214 g/mol. The highest BCUT2D eigenvalue weighted by Crippen LogP contribution is 2.12. The smallest absolute Gasteiger partial charge is 0.133 e. The second kappa shape index (κ2) is 7.06. The number of nitrogens with zero attached hydrogens (tertiary/aromatic N) is 3. The van der Waals surface area contributed by atoms with Crippen LogP contribution < -0.4 is 16.0 Å². The molecule has 0 saturated heterocycles. The summed E-state index contributed by atoms with van der Waals surface area (Å²) in [5, 5.41) is 3.29. The Hall–Kier alpha value is -1.36. The number of nitrogens with two attached hydrogens (primary N) is 1. The summed E-state index contributed by atoms with van der Waals surface area (Å²) in [7, 11) is 1.99. The highest BCUT2D eigenvalue weighted by atomic mass is 15.2. The third-order valence-corrected chi connectivity index (χ3v) is 2.44. The van der Waals surface area contributed by atoms with Gasteiger partial charge >= 0.3 is 0 Å². The number of rotatable bonds is 7. The normalized spacial score (nSPS) is 12.2. The fourth-order valence-corrected chi connectivity index (χ4v) is 1.57. The van der Waals surface area contributed by atoms with Crippen LogP contribution in [0.2, 0.25) is 0 Å². The van der Waals surface area contributed by atoms with Crippen LogP contribution >= 0.6 is 0 Å². The van der Waals surface area contributed by atoms with E-state index in [-0.39, 0.29) is 6.04 Å². The molecule has 0 aliphatic rings. The summed E-state index contributed by atoms with van der Waals surface area (Å²) in [5.74, 6) is 1.77. The van der Waals surface area contributed by atoms with Gasteiger partial charge in [-0.15, -0.1) is 0 Å². The minimum Gasteiger partial charge on any atom is -0.370 e. The molecule has 96 valence electrons. The molecule has 1 aromatic rings. The summed E-state index contributed by atoms with van der Waals surface area (Å²) >= 11 is 0. The number of anilines is 2. The van der Waals surface area contributed by atoms with Crippen LogP contribution in [0.1, 0.15) is 26.7 Å². The van der Waals surface area contributed by atoms with Gasteiger partial charge in [0, 0.05) is 32.2 Å². The number of hydrogen-bond donors (Lipinski definition) is 2. The molecule has 0 bridgehead atoms. The molecule has 5 nitrogen and oxygen atoms in total. The molecule has 0 fully saturated rings. The largest absolute Gasteiger partial charge is 0.370 e. The second-order valence-electron chi connectivity index (χ2n) is 4.40. The number of unbranched alkanes of at least 4 members (excludes halogenated alkanes) is 1. The van der Waals surface area contributed by atoms with Crippen molar-refractivity contribution in [2.75, 3.05) is 30.4 Å². The van der Waals surface area contributed by atoms with Crippen molar-refractivity contribution in [3.8, 4) is 0 Å². The Bertz CT molecular complexity index is 326. The Balaban J connectivity index is 2.58. The van der Waals surface area contributed by atoms with E-state index in [1.807, 2.05) is 24.9 Å². The maximum atomic E-state index is 5.77. The molecule has 5 heteroatoms. The zero-order valence-electron chi connectivity index (χ0n) is 11.0. The first-order chi connectivity index (χ1) is 8.13. The van der Waals surface area contributed by atoms with Crippen molar-refractivity contribution in [1.29, 1.82) is 0 Å². The first-order valence-electron chi connectivity index (χ1n) is 6.16. The molecule has 3 N–H and O–H groups in total. The third-order valence-electron chi connectivity index (χ3n) is 2.44. The molecule has 1 aromatic heterocycles. The average molecular weight is 237 g/mol. The van der Waals surface area contributed by atoms with Crippen molar-refractivity contribution in [2.24, 2.45) is 5.73 Å². The summed E-state index contributed by atoms with van der Waals surface area (Å²) in [4.78, 5) is 10.5. The van der Waals surface area contributed by atoms with E-state index in [0.29, 0.717) is 0 Å². The first-order valence-corrected chi connectivity index (χ1v) is 6.16. The van der Waals surface area contributed by atoms with Crippen LogP contribution in [-0.2, 0) is 0 Å². The molecule has 17 heavy (non-hydrogen) atoms. The molecule has 0 amide bonds. The van der Waals surface area contributed by atoms with Gasteiger partial charge < -0.3 is 16.0 Å². The summed E-state index contributed by atoms with van der Waals surface area (Å²) in [6, 6.07) is 2.09. The second-order valence-corrected chi connectivity index (χ2v) is 4.40. The first kappa shape index (κ1) is 13.7. The van der Waals surface area contributed by atoms with Gasteiger partial charge in [-0.1, -0.05) is 13.3 Å². The van der Waals surface area contributed by atoms with Crippen molar-refractivity contribution in [3.63, 3.8) is 0 Å². The number of nitrogens with one attached hydrogen (secondary N) is 1. The number of likely N-dealkylation sites (N-methyl/N-ethyl adjacent to an activating group) is 1. The van der Waals surface area contributed by atoms with Gasteiger partial charge in [-0.05, 0) is 13.3 Å². The molecular formula is C12H23N5. The van der Waals surface area contributed by atoms with E-state index in [4.69, 9.17) is 5.73 Å². The van der Waals surface area contributed by atoms with Crippen molar-refractivity contribution in [1.82, 2.24) is 9.97 Å². The van der Waals surface area contributed by atoms with Crippen LogP contribution in [0.25, 0.3) is 0 Å². The van der Waals surface area contributed by atoms with Gasteiger partial charge in [0.1, 0.15) is 18.0 Å². The summed E-state index contributed by atoms with van der Waals surface area (Å²) in [6.07, 6.45) is 3.91. The van der Waals surface area contributed by atoms with Gasteiger partial charge in [-0.2, -0.15) is 0 Å². The zero-order chi connectivity index (χ0) is 12.7. The van der Waals surface area contributed by atoms with Crippen molar-refractivity contribution >= 4 is 11.6 Å². The molecule has 1 atom stereocenters. The fourth-order valence-electron chi connectivity index (χ4n) is 1.57. The number of hydrogen-bond acceptors (Lipinski definition) is 5. The van der Waals surface area contributed by atoms with Gasteiger partial charge in [-0.3, -0.25) is 0 Å². The predicted octanol–water partition coefficient (Wildman–Crippen LogP) is 1.47. The number of aromatic nitrogens is 2. The van der Waals surface area contributed by atoms with Gasteiger partial charge in [-0.25, -0.2) is 9.97 Å². The molecule has 0 aliphatic heterocycles. The maximum Gasteiger partial charge on any atom is 0.133 e. The Morgan fingerprint density at radius 1 is 1.47 bits per heavy atom. The van der Waals surface area contributed by atoms with E-state index in [2.05, 4.69) is 22.2 Å². The summed E-state index contributed by atoms with van der Waals surface area (Å²) in [5.41, 5.74) is 5.77. The Kier molecular flexibility index (Phi) is 5.69. The van der Waals surface area contributed by atoms with Gasteiger partial charge in [0.25, 0.3) is 0 Å². The quantitative estimate of drug-likeness (QED) is 0.703. The topological polar surface area (TPSA) is 67.1 Å². The molecule has 0 spiro atoms. The van der Waals surface area contributed by atoms with Crippen molar-refractivity contribution in [3.05, 3.63) is 12.4 Å². The Morgan fingerprint density at radius 2 is 2.24 bits per heavy atom. The standard InChI is InChI=1S/C12H23N5/c1-4-5-6-14-11-7-12(16-9-15-11)17(3)8-10(2)13/h7,9-10H,4-6,8,13H2,1-3H3,(H,14,15,16). The summed E-state index contributed by atoms with van der Waals surface area (Å²) < 4.78 is 0. The lowest BCUT2D eigenvalue weighted by Gasteiger charge is -2.20. The van der Waals surface area contributed by atoms with E-state index in [9.17, 15) is 0 Å². The molecule has 0 saturated carbocycles. The van der Waals surface area contributed by atoms with Crippen molar-refractivity contribution in [2.45, 2.75) is 32.7 Å². The zero-order valence-corrected chi connectivity index (χ0v) is 11.0. The Morgan fingerprint density at radius 3 is 2.88 bits per heavy atom. The molecule has 0 radical (unpaired) electrons. The molecule has 0 aliphatic carbocycles. The monoisotopic (exact) mass is 237 g/mol. The lowest BCUT2D eigenvalue weighted by molar-refractivity contribution is 0.711.